The first-order chi connectivity index (χ1) is 8.56. The number of rotatable bonds is 4. The topological polar surface area (TPSA) is 43.1 Å². The molecule has 4 heteroatoms. The first kappa shape index (κ1) is 12.9. The van der Waals surface area contributed by atoms with Crippen LogP contribution in [0.25, 0.3) is 0 Å². The van der Waals surface area contributed by atoms with Gasteiger partial charge in [0.15, 0.2) is 5.78 Å². The number of oxazole rings is 1. The molecule has 2 rings (SSSR count). The van der Waals surface area contributed by atoms with E-state index >= 15 is 0 Å². The monoisotopic (exact) mass is 261 g/mol. The van der Waals surface area contributed by atoms with Gasteiger partial charge in [-0.3, -0.25) is 4.79 Å². The molecule has 94 valence electrons. The molecule has 18 heavy (non-hydrogen) atoms. The Balaban J connectivity index is 2.06. The lowest BCUT2D eigenvalue weighted by Crippen LogP contribution is -1.91. The van der Waals surface area contributed by atoms with Gasteiger partial charge in [-0.25, -0.2) is 4.98 Å². The molecule has 0 aliphatic rings. The number of hydrogen-bond donors (Lipinski definition) is 0. The van der Waals surface area contributed by atoms with Gasteiger partial charge < -0.3 is 4.42 Å². The van der Waals surface area contributed by atoms with Crippen LogP contribution in [-0.2, 0) is 5.75 Å². The summed E-state index contributed by atoms with van der Waals surface area (Å²) in [5.74, 6) is 2.35. The van der Waals surface area contributed by atoms with Crippen molar-refractivity contribution in [2.24, 2.45) is 0 Å². The number of Topliss-reactive ketones (excluding diaryl/α,β-unsaturated/α-hetero) is 1. The molecule has 0 fully saturated rings. The van der Waals surface area contributed by atoms with Gasteiger partial charge in [-0.1, -0.05) is 12.1 Å². The number of ketones is 1. The molecule has 0 aliphatic carbocycles. The molecule has 0 N–H and O–H groups in total. The minimum absolute atomic E-state index is 0.0836. The van der Waals surface area contributed by atoms with E-state index in [0.29, 0.717) is 5.75 Å². The maximum Gasteiger partial charge on any atom is 0.204 e. The Morgan fingerprint density at radius 3 is 2.78 bits per heavy atom. The third kappa shape index (κ3) is 3.01. The fourth-order valence-electron chi connectivity index (χ4n) is 1.55. The summed E-state index contributed by atoms with van der Waals surface area (Å²) in [6, 6.07) is 7.60. The van der Waals surface area contributed by atoms with E-state index in [-0.39, 0.29) is 5.78 Å². The number of carbonyl (C=O) groups excluding carboxylic acids is 1. The van der Waals surface area contributed by atoms with Gasteiger partial charge in [-0.2, -0.15) is 0 Å². The SMILES string of the molecule is CC(=O)c1cccc(SCc2nc(C)c(C)o2)c1. The maximum atomic E-state index is 11.3. The normalized spacial score (nSPS) is 10.6. The zero-order chi connectivity index (χ0) is 13.1. The predicted molar refractivity (Wildman–Crippen MR) is 72.0 cm³/mol. The summed E-state index contributed by atoms with van der Waals surface area (Å²) in [7, 11) is 0. The van der Waals surface area contributed by atoms with Crippen molar-refractivity contribution in [2.45, 2.75) is 31.4 Å². The minimum Gasteiger partial charge on any atom is -0.445 e. The Bertz CT molecular complexity index is 555. The second-order valence-electron chi connectivity index (χ2n) is 4.12. The van der Waals surface area contributed by atoms with Crippen molar-refractivity contribution in [3.63, 3.8) is 0 Å². The van der Waals surface area contributed by atoms with Crippen molar-refractivity contribution in [3.05, 3.63) is 47.2 Å². The summed E-state index contributed by atoms with van der Waals surface area (Å²) in [4.78, 5) is 16.7. The number of hydrogen-bond acceptors (Lipinski definition) is 4. The van der Waals surface area contributed by atoms with E-state index < -0.39 is 0 Å². The zero-order valence-electron chi connectivity index (χ0n) is 10.7. The summed E-state index contributed by atoms with van der Waals surface area (Å²) >= 11 is 1.62. The standard InChI is InChI=1S/C14H15NO2S/c1-9-11(3)17-14(15-9)8-18-13-6-4-5-12(7-13)10(2)16/h4-7H,8H2,1-3H3. The molecule has 1 aromatic carbocycles. The predicted octanol–water partition coefficient (Wildman–Crippen LogP) is 3.79. The van der Waals surface area contributed by atoms with E-state index in [1.165, 1.54) is 0 Å². The highest BCUT2D eigenvalue weighted by Gasteiger charge is 2.07. The van der Waals surface area contributed by atoms with Crippen molar-refractivity contribution in [1.29, 1.82) is 0 Å². The van der Waals surface area contributed by atoms with Crippen LogP contribution in [0.4, 0.5) is 0 Å². The van der Waals surface area contributed by atoms with Gasteiger partial charge in [0.1, 0.15) is 5.76 Å². The molecular formula is C14H15NO2S. The van der Waals surface area contributed by atoms with E-state index in [1.54, 1.807) is 18.7 Å². The molecule has 0 saturated heterocycles. The highest BCUT2D eigenvalue weighted by atomic mass is 32.2. The molecule has 0 unspecified atom stereocenters. The molecule has 0 spiro atoms. The smallest absolute Gasteiger partial charge is 0.204 e. The van der Waals surface area contributed by atoms with Gasteiger partial charge in [0.25, 0.3) is 0 Å². The van der Waals surface area contributed by atoms with Crippen LogP contribution in [0, 0.1) is 13.8 Å². The van der Waals surface area contributed by atoms with Crippen molar-refractivity contribution < 1.29 is 9.21 Å². The van der Waals surface area contributed by atoms with E-state index in [2.05, 4.69) is 4.98 Å². The van der Waals surface area contributed by atoms with Crippen LogP contribution in [0.1, 0.15) is 34.6 Å². The van der Waals surface area contributed by atoms with Crippen LogP contribution < -0.4 is 0 Å². The van der Waals surface area contributed by atoms with Crippen molar-refractivity contribution in [1.82, 2.24) is 4.98 Å². The average Bonchev–Trinajstić information content (AvgIpc) is 2.67. The number of aromatic nitrogens is 1. The Hall–Kier alpha value is -1.55. The number of thioether (sulfide) groups is 1. The Kier molecular flexibility index (Phi) is 3.87. The second kappa shape index (κ2) is 5.40. The molecule has 0 amide bonds. The van der Waals surface area contributed by atoms with Crippen LogP contribution in [0.5, 0.6) is 0 Å². The summed E-state index contributed by atoms with van der Waals surface area (Å²) in [5, 5.41) is 0. The van der Waals surface area contributed by atoms with E-state index in [0.717, 1.165) is 27.8 Å². The molecule has 0 aliphatic heterocycles. The molecule has 1 heterocycles. The van der Waals surface area contributed by atoms with Gasteiger partial charge in [0.05, 0.1) is 11.4 Å². The Morgan fingerprint density at radius 2 is 2.17 bits per heavy atom. The summed E-state index contributed by atoms with van der Waals surface area (Å²) in [6.07, 6.45) is 0. The fourth-order valence-corrected chi connectivity index (χ4v) is 2.35. The average molecular weight is 261 g/mol. The first-order valence-electron chi connectivity index (χ1n) is 5.73. The van der Waals surface area contributed by atoms with Gasteiger partial charge in [-0.05, 0) is 32.9 Å². The minimum atomic E-state index is 0.0836. The third-order valence-electron chi connectivity index (χ3n) is 2.68. The van der Waals surface area contributed by atoms with Crippen molar-refractivity contribution >= 4 is 17.5 Å². The number of nitrogens with zero attached hydrogens (tertiary/aromatic N) is 1. The maximum absolute atomic E-state index is 11.3. The van der Waals surface area contributed by atoms with Crippen molar-refractivity contribution in [3.8, 4) is 0 Å². The van der Waals surface area contributed by atoms with Crippen LogP contribution in [0.3, 0.4) is 0 Å². The Labute approximate surface area is 111 Å². The highest BCUT2D eigenvalue weighted by Crippen LogP contribution is 2.24. The summed E-state index contributed by atoms with van der Waals surface area (Å²) in [5.41, 5.74) is 1.67. The lowest BCUT2D eigenvalue weighted by molar-refractivity contribution is 0.101. The molecular weight excluding hydrogens is 246 g/mol. The van der Waals surface area contributed by atoms with Gasteiger partial charge in [0.2, 0.25) is 5.89 Å². The van der Waals surface area contributed by atoms with Crippen LogP contribution in [-0.4, -0.2) is 10.8 Å². The molecule has 0 atom stereocenters. The molecule has 0 bridgehead atoms. The lowest BCUT2D eigenvalue weighted by Gasteiger charge is -2.01. The van der Waals surface area contributed by atoms with Gasteiger partial charge in [0, 0.05) is 10.5 Å². The summed E-state index contributed by atoms with van der Waals surface area (Å²) in [6.45, 7) is 5.42. The van der Waals surface area contributed by atoms with E-state index in [4.69, 9.17) is 4.42 Å². The quantitative estimate of drug-likeness (QED) is 0.620. The number of aryl methyl sites for hydroxylation is 2. The van der Waals surface area contributed by atoms with Crippen LogP contribution in [0.2, 0.25) is 0 Å². The first-order valence-corrected chi connectivity index (χ1v) is 6.71. The van der Waals surface area contributed by atoms with Gasteiger partial charge >= 0.3 is 0 Å². The third-order valence-corrected chi connectivity index (χ3v) is 3.65. The fraction of sp³-hybridized carbons (Fsp3) is 0.286. The Morgan fingerprint density at radius 1 is 1.39 bits per heavy atom. The molecule has 2 aromatic rings. The zero-order valence-corrected chi connectivity index (χ0v) is 11.5. The lowest BCUT2D eigenvalue weighted by atomic mass is 10.2. The molecule has 0 radical (unpaired) electrons. The largest absolute Gasteiger partial charge is 0.445 e. The van der Waals surface area contributed by atoms with Crippen LogP contribution in [0.15, 0.2) is 33.6 Å². The second-order valence-corrected chi connectivity index (χ2v) is 5.17. The number of carbonyl (C=O) groups is 1. The van der Waals surface area contributed by atoms with Crippen LogP contribution >= 0.6 is 11.8 Å². The van der Waals surface area contributed by atoms with Gasteiger partial charge in [-0.15, -0.1) is 11.8 Å². The van der Waals surface area contributed by atoms with E-state index in [1.807, 2.05) is 38.1 Å². The number of benzene rings is 1. The molecule has 1 aromatic heterocycles. The summed E-state index contributed by atoms with van der Waals surface area (Å²) < 4.78 is 5.51. The van der Waals surface area contributed by atoms with E-state index in [9.17, 15) is 4.79 Å². The molecule has 3 nitrogen and oxygen atoms in total. The molecule has 0 saturated carbocycles. The highest BCUT2D eigenvalue weighted by molar-refractivity contribution is 7.98. The van der Waals surface area contributed by atoms with Crippen molar-refractivity contribution in [2.75, 3.05) is 0 Å².